The number of hydrogen-bond donors (Lipinski definition) is 0. The van der Waals surface area contributed by atoms with E-state index in [0.29, 0.717) is 6.61 Å². The van der Waals surface area contributed by atoms with Gasteiger partial charge in [-0.1, -0.05) is 546 Å². The molecule has 0 N–H and O–H groups in total. The van der Waals surface area contributed by atoms with Crippen LogP contribution < -0.4 is 0 Å². The van der Waals surface area contributed by atoms with Gasteiger partial charge in [0.15, 0.2) is 0 Å². The lowest BCUT2D eigenvalue weighted by atomic mass is 10.4. The number of carbonyl (C=O) groups excluding carboxylic acids is 1. The number of carbonyl (C=O) groups is 1. The summed E-state index contributed by atoms with van der Waals surface area (Å²) >= 11 is 0. The molecule has 96 heavy (non-hydrogen) atoms. The van der Waals surface area contributed by atoms with Crippen LogP contribution >= 0.6 is 0 Å². The molecule has 2 nitrogen and oxygen atoms in total. The SMILES string of the molecule is CCOC(C)=O.c1ccccc1.c1ccccc1.c1ccccc1.c1ccccc1.c1ccccc1.c1ccccc1.c1ccccc1.c1ccccc1.c1ccccc1.c1ccccc1.c1ccccc1.c1ccccc1.c1ccccc1.c1ccccc1.c1ccccc1. The van der Waals surface area contributed by atoms with E-state index < -0.39 is 0 Å². The first-order valence-electron chi connectivity index (χ1n) is 31.9. The van der Waals surface area contributed by atoms with Crippen molar-refractivity contribution in [1.82, 2.24) is 0 Å². The molecule has 0 saturated carbocycles. The number of ether oxygens (including phenoxy) is 1. The summed E-state index contributed by atoms with van der Waals surface area (Å²) in [6.45, 7) is 3.65. The van der Waals surface area contributed by atoms with Gasteiger partial charge in [0.1, 0.15) is 0 Å². The molecule has 0 aliphatic heterocycles. The fourth-order valence-electron chi connectivity index (χ4n) is 5.98. The normalized spacial score (nSPS) is 7.98. The van der Waals surface area contributed by atoms with Gasteiger partial charge in [-0.25, -0.2) is 0 Å². The molecule has 0 atom stereocenters. The average molecular weight is 1260 g/mol. The Morgan fingerprint density at radius 1 is 0.135 bits per heavy atom. The third-order valence-corrected chi connectivity index (χ3v) is 10.3. The van der Waals surface area contributed by atoms with Crippen LogP contribution in [0.4, 0.5) is 0 Å². The molecule has 0 spiro atoms. The molecule has 0 bridgehead atoms. The van der Waals surface area contributed by atoms with Crippen molar-refractivity contribution < 1.29 is 9.53 Å². The number of hydrogen-bond acceptors (Lipinski definition) is 2. The van der Waals surface area contributed by atoms with Gasteiger partial charge in [-0.15, -0.1) is 0 Å². The summed E-state index contributed by atoms with van der Waals surface area (Å²) in [6, 6.07) is 180. The van der Waals surface area contributed by atoms with Gasteiger partial charge in [0.2, 0.25) is 0 Å². The maximum atomic E-state index is 9.82. The first-order chi connectivity index (χ1) is 47.8. The Morgan fingerprint density at radius 2 is 0.177 bits per heavy atom. The highest BCUT2D eigenvalue weighted by molar-refractivity contribution is 5.65. The highest BCUT2D eigenvalue weighted by Crippen LogP contribution is 1.88. The van der Waals surface area contributed by atoms with Gasteiger partial charge in [0.25, 0.3) is 0 Å². The summed E-state index contributed by atoms with van der Waals surface area (Å²) in [4.78, 5) is 9.82. The lowest BCUT2D eigenvalue weighted by molar-refractivity contribution is -0.140. The zero-order valence-corrected chi connectivity index (χ0v) is 56.0. The molecule has 0 unspecified atom stereocenters. The summed E-state index contributed by atoms with van der Waals surface area (Å²) in [5.41, 5.74) is 0. The van der Waals surface area contributed by atoms with Crippen LogP contribution in [0.1, 0.15) is 13.8 Å². The Hall–Kier alpha value is -12.2. The zero-order valence-electron chi connectivity index (χ0n) is 56.0. The molecule has 0 aromatic heterocycles. The van der Waals surface area contributed by atoms with E-state index in [1.807, 2.05) is 546 Å². The Balaban J connectivity index is 0.00000100. The van der Waals surface area contributed by atoms with Crippen LogP contribution in [0, 0.1) is 0 Å². The Kier molecular flexibility index (Phi) is 70.5. The van der Waals surface area contributed by atoms with E-state index >= 15 is 0 Å². The number of benzene rings is 15. The Labute approximate surface area is 578 Å². The topological polar surface area (TPSA) is 26.3 Å². The standard InChI is InChI=1S/15C6H6.C4H8O2/c15*1-2-4-6-5-3-1;1-3-6-4(2)5/h15*1-6H;3H2,1-2H3. The molecule has 0 heterocycles. The highest BCUT2D eigenvalue weighted by atomic mass is 16.5. The van der Waals surface area contributed by atoms with Gasteiger partial charge >= 0.3 is 5.97 Å². The van der Waals surface area contributed by atoms with E-state index in [2.05, 4.69) is 4.74 Å². The van der Waals surface area contributed by atoms with E-state index in [-0.39, 0.29) is 5.97 Å². The molecule has 0 saturated heterocycles. The van der Waals surface area contributed by atoms with Gasteiger partial charge in [-0.2, -0.15) is 0 Å². The van der Waals surface area contributed by atoms with Gasteiger partial charge < -0.3 is 4.74 Å². The van der Waals surface area contributed by atoms with Crippen LogP contribution in [0.25, 0.3) is 0 Å². The van der Waals surface area contributed by atoms with Crippen LogP contribution in [-0.4, -0.2) is 12.6 Å². The van der Waals surface area contributed by atoms with Crippen molar-refractivity contribution in [2.24, 2.45) is 0 Å². The minimum Gasteiger partial charge on any atom is -0.466 e. The van der Waals surface area contributed by atoms with Gasteiger partial charge in [-0.05, 0) is 6.92 Å². The predicted molar refractivity (Wildman–Crippen MR) is 419 cm³/mol. The van der Waals surface area contributed by atoms with Crippen molar-refractivity contribution in [3.8, 4) is 0 Å². The zero-order chi connectivity index (χ0) is 68.6. The number of esters is 1. The molecule has 15 aromatic carbocycles. The van der Waals surface area contributed by atoms with E-state index in [9.17, 15) is 4.79 Å². The van der Waals surface area contributed by atoms with E-state index in [0.717, 1.165) is 0 Å². The maximum Gasteiger partial charge on any atom is 0.302 e. The fourth-order valence-corrected chi connectivity index (χ4v) is 5.98. The molecule has 2 heteroatoms. The molecule has 0 amide bonds. The van der Waals surface area contributed by atoms with E-state index in [4.69, 9.17) is 0 Å². The summed E-state index contributed by atoms with van der Waals surface area (Å²) in [5, 5.41) is 0. The molecule has 0 aliphatic carbocycles. The Morgan fingerprint density at radius 3 is 0.188 bits per heavy atom. The quantitative estimate of drug-likeness (QED) is 0.153. The maximum absolute atomic E-state index is 9.82. The van der Waals surface area contributed by atoms with Gasteiger partial charge in [0, 0.05) is 6.92 Å². The van der Waals surface area contributed by atoms with Gasteiger partial charge in [0.05, 0.1) is 6.61 Å². The monoisotopic (exact) mass is 1260 g/mol. The Bertz CT molecular complexity index is 2160. The minimum absolute atomic E-state index is 0.211. The smallest absolute Gasteiger partial charge is 0.302 e. The molecule has 0 radical (unpaired) electrons. The molecular formula is C94H98O2. The minimum atomic E-state index is -0.211. The predicted octanol–water partition coefficient (Wildman–Crippen LogP) is 25.9. The van der Waals surface area contributed by atoms with Crippen molar-refractivity contribution in [2.75, 3.05) is 6.61 Å². The summed E-state index contributed by atoms with van der Waals surface area (Å²) in [5.74, 6) is -0.211. The van der Waals surface area contributed by atoms with E-state index in [1.54, 1.807) is 6.92 Å². The second kappa shape index (κ2) is 80.8. The first kappa shape index (κ1) is 83.8. The van der Waals surface area contributed by atoms with Gasteiger partial charge in [-0.3, -0.25) is 4.79 Å². The largest absolute Gasteiger partial charge is 0.466 e. The lowest BCUT2D eigenvalue weighted by Crippen LogP contribution is -1.95. The third kappa shape index (κ3) is 81.8. The number of rotatable bonds is 1. The molecule has 0 fully saturated rings. The lowest BCUT2D eigenvalue weighted by Gasteiger charge is -1.89. The molecule has 15 rings (SSSR count). The van der Waals surface area contributed by atoms with Crippen LogP contribution in [-0.2, 0) is 9.53 Å². The van der Waals surface area contributed by atoms with Crippen LogP contribution in [0.3, 0.4) is 0 Å². The molecule has 15 aromatic rings. The highest BCUT2D eigenvalue weighted by Gasteiger charge is 1.81. The molecule has 0 aliphatic rings. The summed E-state index contributed by atoms with van der Waals surface area (Å²) in [7, 11) is 0. The van der Waals surface area contributed by atoms with Crippen molar-refractivity contribution in [2.45, 2.75) is 13.8 Å². The fraction of sp³-hybridized carbons (Fsp3) is 0.0319. The molecular weight excluding hydrogens is 1160 g/mol. The summed E-state index contributed by atoms with van der Waals surface area (Å²) in [6.07, 6.45) is 0. The van der Waals surface area contributed by atoms with Crippen LogP contribution in [0.5, 0.6) is 0 Å². The second-order valence-corrected chi connectivity index (χ2v) is 18.2. The van der Waals surface area contributed by atoms with E-state index in [1.165, 1.54) is 6.92 Å². The van der Waals surface area contributed by atoms with Crippen LogP contribution in [0.2, 0.25) is 0 Å². The third-order valence-electron chi connectivity index (χ3n) is 10.3. The van der Waals surface area contributed by atoms with Crippen LogP contribution in [0.15, 0.2) is 546 Å². The first-order valence-corrected chi connectivity index (χ1v) is 31.9. The van der Waals surface area contributed by atoms with Crippen molar-refractivity contribution in [3.63, 3.8) is 0 Å². The second-order valence-electron chi connectivity index (χ2n) is 18.2. The average Bonchev–Trinajstić information content (AvgIpc) is 3.73. The van der Waals surface area contributed by atoms with Crippen molar-refractivity contribution in [3.05, 3.63) is 546 Å². The summed E-state index contributed by atoms with van der Waals surface area (Å²) < 4.78 is 4.40. The molecule has 486 valence electrons. The van der Waals surface area contributed by atoms with Crippen molar-refractivity contribution >= 4 is 5.97 Å². The van der Waals surface area contributed by atoms with Crippen molar-refractivity contribution in [1.29, 1.82) is 0 Å².